The Morgan fingerprint density at radius 2 is 2.19 bits per heavy atom. The molecule has 0 fully saturated rings. The second kappa shape index (κ2) is 5.05. The predicted molar refractivity (Wildman–Crippen MR) is 59.6 cm³/mol. The minimum absolute atomic E-state index is 0.0180. The SMILES string of the molecule is OB(O)C1=COC=C(CC2=CC=CCC2)O1. The maximum Gasteiger partial charge on any atom is 0.529 e. The number of hydrogen-bond acceptors (Lipinski definition) is 4. The molecule has 0 bridgehead atoms. The van der Waals surface area contributed by atoms with Crippen molar-refractivity contribution in [2.24, 2.45) is 0 Å². The molecule has 5 heteroatoms. The average Bonchev–Trinajstić information content (AvgIpc) is 2.30. The van der Waals surface area contributed by atoms with Crippen molar-refractivity contribution in [3.8, 4) is 0 Å². The first-order valence-corrected chi connectivity index (χ1v) is 5.19. The molecule has 16 heavy (non-hydrogen) atoms. The Labute approximate surface area is 94.3 Å². The van der Waals surface area contributed by atoms with E-state index < -0.39 is 7.12 Å². The van der Waals surface area contributed by atoms with Gasteiger partial charge in [0, 0.05) is 6.42 Å². The van der Waals surface area contributed by atoms with Gasteiger partial charge in [0.2, 0.25) is 0 Å². The molecule has 1 aliphatic carbocycles. The van der Waals surface area contributed by atoms with Gasteiger partial charge >= 0.3 is 7.12 Å². The lowest BCUT2D eigenvalue weighted by molar-refractivity contribution is 0.218. The van der Waals surface area contributed by atoms with Crippen molar-refractivity contribution in [2.45, 2.75) is 19.3 Å². The number of ether oxygens (including phenoxy) is 2. The molecule has 0 saturated carbocycles. The fraction of sp³-hybridized carbons (Fsp3) is 0.273. The Hall–Kier alpha value is -1.46. The Morgan fingerprint density at radius 3 is 2.88 bits per heavy atom. The lowest BCUT2D eigenvalue weighted by atomic mass is 9.89. The molecule has 4 nitrogen and oxygen atoms in total. The van der Waals surface area contributed by atoms with E-state index in [1.165, 1.54) is 18.1 Å². The summed E-state index contributed by atoms with van der Waals surface area (Å²) in [4.78, 5) is 0. The van der Waals surface area contributed by atoms with Crippen LogP contribution in [0, 0.1) is 0 Å². The van der Waals surface area contributed by atoms with Gasteiger partial charge in [0.05, 0.1) is 0 Å². The predicted octanol–water partition coefficient (Wildman–Crippen LogP) is 1.39. The van der Waals surface area contributed by atoms with Crippen LogP contribution in [-0.2, 0) is 9.47 Å². The molecule has 0 aromatic heterocycles. The van der Waals surface area contributed by atoms with Gasteiger partial charge in [0.15, 0.2) is 5.66 Å². The summed E-state index contributed by atoms with van der Waals surface area (Å²) in [7, 11) is -1.64. The monoisotopic (exact) mass is 220 g/mol. The van der Waals surface area contributed by atoms with Gasteiger partial charge < -0.3 is 19.5 Å². The summed E-state index contributed by atoms with van der Waals surface area (Å²) in [5.41, 5.74) is 1.26. The van der Waals surface area contributed by atoms with Gasteiger partial charge in [-0.25, -0.2) is 0 Å². The number of rotatable bonds is 3. The van der Waals surface area contributed by atoms with Crippen molar-refractivity contribution >= 4 is 7.12 Å². The third-order valence-electron chi connectivity index (χ3n) is 2.39. The van der Waals surface area contributed by atoms with Crippen molar-refractivity contribution in [1.29, 1.82) is 0 Å². The van der Waals surface area contributed by atoms with Crippen LogP contribution in [0.15, 0.2) is 47.7 Å². The molecule has 0 radical (unpaired) electrons. The van der Waals surface area contributed by atoms with Crippen LogP contribution in [-0.4, -0.2) is 17.2 Å². The van der Waals surface area contributed by atoms with Crippen molar-refractivity contribution in [2.75, 3.05) is 0 Å². The van der Waals surface area contributed by atoms with Crippen molar-refractivity contribution in [3.05, 3.63) is 47.7 Å². The first-order chi connectivity index (χ1) is 7.75. The molecule has 2 N–H and O–H groups in total. The number of hydrogen-bond donors (Lipinski definition) is 2. The van der Waals surface area contributed by atoms with Crippen LogP contribution in [0.3, 0.4) is 0 Å². The fourth-order valence-electron chi connectivity index (χ4n) is 1.59. The molecular formula is C11H13BO4. The van der Waals surface area contributed by atoms with E-state index in [2.05, 4.69) is 6.08 Å². The highest BCUT2D eigenvalue weighted by Crippen LogP contribution is 2.24. The maximum atomic E-state index is 8.93. The fourth-order valence-corrected chi connectivity index (χ4v) is 1.59. The minimum Gasteiger partial charge on any atom is -0.466 e. The zero-order valence-corrected chi connectivity index (χ0v) is 8.80. The van der Waals surface area contributed by atoms with Gasteiger partial charge in [0.25, 0.3) is 0 Å². The average molecular weight is 220 g/mol. The minimum atomic E-state index is -1.64. The summed E-state index contributed by atoms with van der Waals surface area (Å²) < 4.78 is 10.3. The first-order valence-electron chi connectivity index (χ1n) is 5.19. The first kappa shape index (κ1) is 11.0. The van der Waals surface area contributed by atoms with Gasteiger partial charge in [-0.2, -0.15) is 0 Å². The van der Waals surface area contributed by atoms with E-state index >= 15 is 0 Å². The van der Waals surface area contributed by atoms with Gasteiger partial charge in [-0.15, -0.1) is 0 Å². The topological polar surface area (TPSA) is 58.9 Å². The molecule has 84 valence electrons. The van der Waals surface area contributed by atoms with Gasteiger partial charge in [-0.05, 0) is 12.8 Å². The van der Waals surface area contributed by atoms with Crippen LogP contribution in [0.25, 0.3) is 0 Å². The summed E-state index contributed by atoms with van der Waals surface area (Å²) in [6, 6.07) is 0. The van der Waals surface area contributed by atoms with Gasteiger partial charge in [-0.3, -0.25) is 0 Å². The van der Waals surface area contributed by atoms with E-state index in [9.17, 15) is 0 Å². The van der Waals surface area contributed by atoms with Crippen LogP contribution >= 0.6 is 0 Å². The molecule has 0 atom stereocenters. The van der Waals surface area contributed by atoms with Crippen molar-refractivity contribution < 1.29 is 19.5 Å². The Morgan fingerprint density at radius 1 is 1.31 bits per heavy atom. The molecule has 0 saturated heterocycles. The highest BCUT2D eigenvalue weighted by molar-refractivity contribution is 6.49. The van der Waals surface area contributed by atoms with E-state index in [1.54, 1.807) is 0 Å². The normalized spacial score (nSPS) is 19.0. The summed E-state index contributed by atoms with van der Waals surface area (Å²) >= 11 is 0. The molecule has 0 unspecified atom stereocenters. The summed E-state index contributed by atoms with van der Waals surface area (Å²) in [5, 5.41) is 17.9. The third kappa shape index (κ3) is 2.78. The lowest BCUT2D eigenvalue weighted by Crippen LogP contribution is -2.19. The largest absolute Gasteiger partial charge is 0.529 e. The quantitative estimate of drug-likeness (QED) is 0.705. The maximum absolute atomic E-state index is 8.93. The Balaban J connectivity index is 1.94. The molecule has 0 aromatic rings. The highest BCUT2D eigenvalue weighted by Gasteiger charge is 2.22. The molecule has 1 aliphatic heterocycles. The number of allylic oxidation sites excluding steroid dienone is 4. The van der Waals surface area contributed by atoms with E-state index in [1.807, 2.05) is 12.2 Å². The Kier molecular flexibility index (Phi) is 3.49. The van der Waals surface area contributed by atoms with Crippen LogP contribution in [0.1, 0.15) is 19.3 Å². The summed E-state index contributed by atoms with van der Waals surface area (Å²) in [5.74, 6) is 0.590. The lowest BCUT2D eigenvalue weighted by Gasteiger charge is -2.17. The van der Waals surface area contributed by atoms with E-state index in [0.717, 1.165) is 12.8 Å². The molecule has 0 amide bonds. The smallest absolute Gasteiger partial charge is 0.466 e. The molecule has 2 aliphatic rings. The zero-order chi connectivity index (χ0) is 11.4. The summed E-state index contributed by atoms with van der Waals surface area (Å²) in [6.45, 7) is 0. The standard InChI is InChI=1S/C11H13BO4/c13-12(14)11-8-15-7-10(16-11)6-9-4-2-1-3-5-9/h1-2,4,7-8,13-14H,3,5-6H2. The second-order valence-corrected chi connectivity index (χ2v) is 3.68. The highest BCUT2D eigenvalue weighted by atomic mass is 16.6. The summed E-state index contributed by atoms with van der Waals surface area (Å²) in [6.07, 6.45) is 11.5. The van der Waals surface area contributed by atoms with Gasteiger partial charge in [-0.1, -0.05) is 23.8 Å². The van der Waals surface area contributed by atoms with Crippen molar-refractivity contribution in [1.82, 2.24) is 0 Å². The third-order valence-corrected chi connectivity index (χ3v) is 2.39. The van der Waals surface area contributed by atoms with E-state index in [0.29, 0.717) is 12.2 Å². The molecule has 1 heterocycles. The van der Waals surface area contributed by atoms with Crippen LogP contribution in [0.5, 0.6) is 0 Å². The molecule has 2 rings (SSSR count). The van der Waals surface area contributed by atoms with E-state index in [-0.39, 0.29) is 5.66 Å². The molecule has 0 spiro atoms. The zero-order valence-electron chi connectivity index (χ0n) is 8.80. The van der Waals surface area contributed by atoms with E-state index in [4.69, 9.17) is 19.5 Å². The molecule has 0 aromatic carbocycles. The molecular weight excluding hydrogens is 207 g/mol. The van der Waals surface area contributed by atoms with Crippen molar-refractivity contribution in [3.63, 3.8) is 0 Å². The second-order valence-electron chi connectivity index (χ2n) is 3.68. The van der Waals surface area contributed by atoms with Crippen LogP contribution in [0.4, 0.5) is 0 Å². The van der Waals surface area contributed by atoms with Crippen LogP contribution < -0.4 is 0 Å². The van der Waals surface area contributed by atoms with Gasteiger partial charge in [0.1, 0.15) is 18.3 Å². The Bertz CT molecular complexity index is 379. The van der Waals surface area contributed by atoms with Crippen LogP contribution in [0.2, 0.25) is 0 Å².